The molecule has 0 saturated carbocycles. The molecule has 4 heterocycles. The summed E-state index contributed by atoms with van der Waals surface area (Å²) in [5, 5.41) is 8.85. The van der Waals surface area contributed by atoms with Gasteiger partial charge in [0.25, 0.3) is 5.91 Å². The van der Waals surface area contributed by atoms with Crippen molar-refractivity contribution in [3.8, 4) is 5.75 Å². The van der Waals surface area contributed by atoms with E-state index in [4.69, 9.17) is 9.72 Å². The zero-order valence-electron chi connectivity index (χ0n) is 21.5. The Bertz CT molecular complexity index is 1470. The lowest BCUT2D eigenvalue weighted by Crippen LogP contribution is -2.52. The van der Waals surface area contributed by atoms with Gasteiger partial charge in [0.2, 0.25) is 11.8 Å². The SMILES string of the molecule is COc1cccc2sc([C@](C)(NC(=O)Nc3ccc4c(n3)CN(C3CCC(=O)NC3=O)C4=O)C(C)C)nc12. The van der Waals surface area contributed by atoms with Crippen molar-refractivity contribution in [1.82, 2.24) is 25.5 Å². The first-order valence-corrected chi connectivity index (χ1v) is 13.1. The fourth-order valence-electron chi connectivity index (χ4n) is 4.64. The van der Waals surface area contributed by atoms with E-state index in [0.29, 0.717) is 17.0 Å². The smallest absolute Gasteiger partial charge is 0.321 e. The summed E-state index contributed by atoms with van der Waals surface area (Å²) in [6.07, 6.45) is 0.441. The maximum absolute atomic E-state index is 13.1. The molecule has 2 aliphatic rings. The Hall–Kier alpha value is -4.06. The number of urea groups is 1. The zero-order valence-corrected chi connectivity index (χ0v) is 22.3. The van der Waals surface area contributed by atoms with Crippen LogP contribution in [0.25, 0.3) is 10.2 Å². The molecule has 2 aromatic heterocycles. The second-order valence-corrected chi connectivity index (χ2v) is 10.9. The molecule has 0 radical (unpaired) electrons. The van der Waals surface area contributed by atoms with Crippen molar-refractivity contribution in [2.24, 2.45) is 5.92 Å². The molecule has 0 aliphatic carbocycles. The number of imide groups is 1. The number of hydrogen-bond donors (Lipinski definition) is 3. The fraction of sp³-hybridized carbons (Fsp3) is 0.385. The summed E-state index contributed by atoms with van der Waals surface area (Å²) in [6, 6.07) is 7.67. The summed E-state index contributed by atoms with van der Waals surface area (Å²) >= 11 is 1.49. The second kappa shape index (κ2) is 9.67. The van der Waals surface area contributed by atoms with E-state index in [9.17, 15) is 19.2 Å². The number of nitrogens with zero attached hydrogens (tertiary/aromatic N) is 3. The molecule has 38 heavy (non-hydrogen) atoms. The van der Waals surface area contributed by atoms with Crippen molar-refractivity contribution >= 4 is 51.1 Å². The molecular weight excluding hydrogens is 508 g/mol. The molecule has 1 saturated heterocycles. The van der Waals surface area contributed by atoms with Crippen LogP contribution in [-0.4, -0.2) is 51.8 Å². The first-order chi connectivity index (χ1) is 18.1. The minimum atomic E-state index is -0.784. The van der Waals surface area contributed by atoms with Gasteiger partial charge in [-0.3, -0.25) is 25.0 Å². The highest BCUT2D eigenvalue weighted by atomic mass is 32.1. The number of amides is 5. The fourth-order valence-corrected chi connectivity index (χ4v) is 5.88. The molecule has 5 rings (SSSR count). The van der Waals surface area contributed by atoms with Gasteiger partial charge in [-0.1, -0.05) is 19.9 Å². The maximum atomic E-state index is 13.1. The molecule has 0 spiro atoms. The average molecular weight is 537 g/mol. The molecule has 1 aromatic carbocycles. The molecule has 1 fully saturated rings. The van der Waals surface area contributed by atoms with E-state index < -0.39 is 23.5 Å². The van der Waals surface area contributed by atoms with E-state index in [1.54, 1.807) is 19.2 Å². The van der Waals surface area contributed by atoms with Crippen LogP contribution in [0.15, 0.2) is 30.3 Å². The van der Waals surface area contributed by atoms with Crippen LogP contribution in [0.1, 0.15) is 54.7 Å². The molecule has 3 N–H and O–H groups in total. The van der Waals surface area contributed by atoms with E-state index in [0.717, 1.165) is 15.2 Å². The summed E-state index contributed by atoms with van der Waals surface area (Å²) in [5.41, 5.74) is 0.793. The third kappa shape index (κ3) is 4.44. The van der Waals surface area contributed by atoms with E-state index in [1.807, 2.05) is 39.0 Å². The van der Waals surface area contributed by atoms with Crippen molar-refractivity contribution in [2.75, 3.05) is 12.4 Å². The Balaban J connectivity index is 1.33. The number of nitrogens with one attached hydrogen (secondary N) is 3. The molecular formula is C26H28N6O5S. The Morgan fingerprint density at radius 2 is 2.00 bits per heavy atom. The summed E-state index contributed by atoms with van der Waals surface area (Å²) < 4.78 is 6.40. The van der Waals surface area contributed by atoms with Crippen LogP contribution in [0.4, 0.5) is 10.6 Å². The number of carbonyl (C=O) groups excluding carboxylic acids is 4. The number of hydrogen-bond acceptors (Lipinski definition) is 8. The molecule has 11 nitrogen and oxygen atoms in total. The minimum absolute atomic E-state index is 0.00693. The molecule has 12 heteroatoms. The number of piperidine rings is 1. The molecule has 3 aromatic rings. The predicted molar refractivity (Wildman–Crippen MR) is 141 cm³/mol. The van der Waals surface area contributed by atoms with Crippen LogP contribution < -0.4 is 20.7 Å². The minimum Gasteiger partial charge on any atom is -0.494 e. The van der Waals surface area contributed by atoms with Crippen molar-refractivity contribution in [3.63, 3.8) is 0 Å². The van der Waals surface area contributed by atoms with E-state index >= 15 is 0 Å². The molecule has 5 amide bonds. The second-order valence-electron chi connectivity index (χ2n) is 9.85. The normalized spacial score (nSPS) is 18.8. The van der Waals surface area contributed by atoms with Crippen LogP contribution in [0.5, 0.6) is 5.75 Å². The van der Waals surface area contributed by atoms with Crippen molar-refractivity contribution < 1.29 is 23.9 Å². The molecule has 2 aliphatic heterocycles. The number of pyridine rings is 1. The highest BCUT2D eigenvalue weighted by molar-refractivity contribution is 7.18. The number of para-hydroxylation sites is 1. The molecule has 2 atom stereocenters. The lowest BCUT2D eigenvalue weighted by atomic mass is 9.89. The number of anilines is 1. The van der Waals surface area contributed by atoms with Gasteiger partial charge in [0.05, 0.1) is 35.2 Å². The largest absolute Gasteiger partial charge is 0.494 e. The van der Waals surface area contributed by atoms with Crippen LogP contribution in [0, 0.1) is 5.92 Å². The van der Waals surface area contributed by atoms with Gasteiger partial charge in [-0.15, -0.1) is 11.3 Å². The van der Waals surface area contributed by atoms with Crippen LogP contribution in [-0.2, 0) is 21.7 Å². The number of aromatic nitrogens is 2. The van der Waals surface area contributed by atoms with Gasteiger partial charge in [0.15, 0.2) is 0 Å². The van der Waals surface area contributed by atoms with Crippen molar-refractivity contribution in [1.29, 1.82) is 0 Å². The first kappa shape index (κ1) is 25.6. The maximum Gasteiger partial charge on any atom is 0.321 e. The van der Waals surface area contributed by atoms with Crippen molar-refractivity contribution in [3.05, 3.63) is 46.6 Å². The molecule has 1 unspecified atom stereocenters. The highest BCUT2D eigenvalue weighted by Gasteiger charge is 2.40. The van der Waals surface area contributed by atoms with Gasteiger partial charge in [-0.25, -0.2) is 14.8 Å². The average Bonchev–Trinajstić information content (AvgIpc) is 3.45. The number of thiazole rings is 1. The van der Waals surface area contributed by atoms with Crippen LogP contribution >= 0.6 is 11.3 Å². The number of benzene rings is 1. The Kier molecular flexibility index (Phi) is 6.51. The lowest BCUT2D eigenvalue weighted by molar-refractivity contribution is -0.136. The Morgan fingerprint density at radius 1 is 1.21 bits per heavy atom. The van der Waals surface area contributed by atoms with E-state index in [-0.39, 0.29) is 42.9 Å². The van der Waals surface area contributed by atoms with Crippen LogP contribution in [0.2, 0.25) is 0 Å². The van der Waals surface area contributed by atoms with Gasteiger partial charge < -0.3 is 15.0 Å². The first-order valence-electron chi connectivity index (χ1n) is 12.3. The van der Waals surface area contributed by atoms with Gasteiger partial charge >= 0.3 is 6.03 Å². The summed E-state index contributed by atoms with van der Waals surface area (Å²) in [4.78, 5) is 60.5. The topological polar surface area (TPSA) is 143 Å². The lowest BCUT2D eigenvalue weighted by Gasteiger charge is -2.32. The number of fused-ring (bicyclic) bond motifs is 2. The Morgan fingerprint density at radius 3 is 2.71 bits per heavy atom. The standard InChI is InChI=1S/C26H28N6O5S/c1-13(2)26(3,24-30-21-17(37-4)6-5-7-18(21)38-24)31-25(36)28-19-10-8-14-15(27-19)12-32(23(14)35)16-9-11-20(33)29-22(16)34/h5-8,10,13,16H,9,11-12H2,1-4H3,(H,29,33,34)(H2,27,28,31,36)/t16?,26-/m1/s1. The third-order valence-electron chi connectivity index (χ3n) is 7.19. The number of ether oxygens (including phenoxy) is 1. The van der Waals surface area contributed by atoms with Gasteiger partial charge in [0.1, 0.15) is 28.1 Å². The summed E-state index contributed by atoms with van der Waals surface area (Å²) in [7, 11) is 1.60. The number of methoxy groups -OCH3 is 1. The van der Waals surface area contributed by atoms with Crippen LogP contribution in [0.3, 0.4) is 0 Å². The summed E-state index contributed by atoms with van der Waals surface area (Å²) in [5.74, 6) is -0.200. The van der Waals surface area contributed by atoms with E-state index in [1.165, 1.54) is 16.2 Å². The zero-order chi connectivity index (χ0) is 27.2. The third-order valence-corrected chi connectivity index (χ3v) is 8.45. The van der Waals surface area contributed by atoms with Gasteiger partial charge in [-0.2, -0.15) is 0 Å². The number of carbonyl (C=O) groups is 4. The summed E-state index contributed by atoms with van der Waals surface area (Å²) in [6.45, 7) is 6.06. The van der Waals surface area contributed by atoms with Gasteiger partial charge in [0, 0.05) is 6.42 Å². The molecule has 198 valence electrons. The van der Waals surface area contributed by atoms with E-state index in [2.05, 4.69) is 20.9 Å². The van der Waals surface area contributed by atoms with Gasteiger partial charge in [-0.05, 0) is 43.5 Å². The highest BCUT2D eigenvalue weighted by Crippen LogP contribution is 2.38. The quantitative estimate of drug-likeness (QED) is 0.411. The molecule has 0 bridgehead atoms. The predicted octanol–water partition coefficient (Wildman–Crippen LogP) is 3.15. The van der Waals surface area contributed by atoms with Crippen molar-refractivity contribution in [2.45, 2.75) is 51.7 Å². The Labute approximate surface area is 223 Å². The number of rotatable bonds is 6. The monoisotopic (exact) mass is 536 g/mol.